The molecule has 32 heavy (non-hydrogen) atoms. The van der Waals surface area contributed by atoms with E-state index in [1.54, 1.807) is 51.3 Å². The molecule has 0 spiro atoms. The highest BCUT2D eigenvalue weighted by molar-refractivity contribution is 7.92. The molecule has 1 N–H and O–H groups in total. The van der Waals surface area contributed by atoms with Crippen LogP contribution in [-0.2, 0) is 14.8 Å². The van der Waals surface area contributed by atoms with Crippen LogP contribution >= 0.6 is 11.6 Å². The molecule has 3 rings (SSSR count). The Morgan fingerprint density at radius 1 is 1.22 bits per heavy atom. The summed E-state index contributed by atoms with van der Waals surface area (Å²) < 4.78 is 31.0. The molecule has 0 bridgehead atoms. The summed E-state index contributed by atoms with van der Waals surface area (Å²) in [6.45, 7) is 3.17. The van der Waals surface area contributed by atoms with E-state index in [-0.39, 0.29) is 5.15 Å². The van der Waals surface area contributed by atoms with Gasteiger partial charge in [0.05, 0.1) is 30.8 Å². The van der Waals surface area contributed by atoms with Crippen molar-refractivity contribution in [3.63, 3.8) is 0 Å². The Morgan fingerprint density at radius 3 is 2.53 bits per heavy atom. The fourth-order valence-corrected chi connectivity index (χ4v) is 4.42. The summed E-state index contributed by atoms with van der Waals surface area (Å²) >= 11 is 6.23. The number of benzene rings is 2. The van der Waals surface area contributed by atoms with Crippen molar-refractivity contribution in [2.75, 3.05) is 24.2 Å². The van der Waals surface area contributed by atoms with Crippen LogP contribution in [0.5, 0.6) is 5.75 Å². The fraction of sp³-hybridized carbons (Fsp3) is 0.227. The first kappa shape index (κ1) is 23.5. The molecule has 0 unspecified atom stereocenters. The van der Waals surface area contributed by atoms with Gasteiger partial charge in [0.2, 0.25) is 10.0 Å². The molecule has 10 heteroatoms. The monoisotopic (exact) mass is 474 g/mol. The van der Waals surface area contributed by atoms with Crippen molar-refractivity contribution in [2.45, 2.75) is 13.8 Å². The molecular formula is C22H23ClN4O4S. The number of pyridine rings is 1. The molecule has 0 radical (unpaired) electrons. The summed E-state index contributed by atoms with van der Waals surface area (Å²) in [4.78, 5) is 16.8. The van der Waals surface area contributed by atoms with E-state index in [0.29, 0.717) is 22.5 Å². The second-order valence-electron chi connectivity index (χ2n) is 7.23. The number of nitrogens with zero attached hydrogens (tertiary/aromatic N) is 3. The van der Waals surface area contributed by atoms with E-state index in [2.05, 4.69) is 15.5 Å². The Bertz CT molecular complexity index is 1290. The molecule has 0 saturated carbocycles. The maximum atomic E-state index is 12.5. The van der Waals surface area contributed by atoms with Gasteiger partial charge in [0, 0.05) is 17.0 Å². The standard InChI is InChI=1S/C22H23ClN4O4S/c1-14-6-5-7-15(2)21(14)27(32(4,29)30)13-20(28)26-24-12-17-10-16-8-9-18(31-3)11-19(16)25-22(17)23/h5-12H,13H2,1-4H3,(H,26,28). The van der Waals surface area contributed by atoms with Gasteiger partial charge in [-0.05, 0) is 43.2 Å². The number of ether oxygens (including phenoxy) is 1. The van der Waals surface area contributed by atoms with E-state index in [1.165, 1.54) is 6.21 Å². The SMILES string of the molecule is COc1ccc2cc(C=NNC(=O)CN(c3c(C)cccc3C)S(C)(=O)=O)c(Cl)nc2c1. The summed E-state index contributed by atoms with van der Waals surface area (Å²) in [5.41, 5.74) is 5.49. The van der Waals surface area contributed by atoms with Crippen LogP contribution in [0.2, 0.25) is 5.15 Å². The number of sulfonamides is 1. The number of rotatable bonds is 7. The second-order valence-corrected chi connectivity index (χ2v) is 9.50. The molecule has 0 saturated heterocycles. The molecule has 2 aromatic carbocycles. The van der Waals surface area contributed by atoms with Crippen LogP contribution in [0.4, 0.5) is 5.69 Å². The first-order valence-corrected chi connectivity index (χ1v) is 11.8. The summed E-state index contributed by atoms with van der Waals surface area (Å²) in [6.07, 6.45) is 2.42. The fourth-order valence-electron chi connectivity index (χ4n) is 3.26. The molecule has 0 fully saturated rings. The number of methoxy groups -OCH3 is 1. The van der Waals surface area contributed by atoms with Crippen LogP contribution in [-0.4, -0.2) is 45.4 Å². The average molecular weight is 475 g/mol. The number of amides is 1. The smallest absolute Gasteiger partial charge is 0.260 e. The number of anilines is 1. The van der Waals surface area contributed by atoms with Crippen molar-refractivity contribution in [1.29, 1.82) is 0 Å². The zero-order valence-corrected chi connectivity index (χ0v) is 19.7. The van der Waals surface area contributed by atoms with Gasteiger partial charge < -0.3 is 4.74 Å². The molecule has 0 atom stereocenters. The van der Waals surface area contributed by atoms with E-state index >= 15 is 0 Å². The number of carbonyl (C=O) groups excluding carboxylic acids is 1. The summed E-state index contributed by atoms with van der Waals surface area (Å²) in [7, 11) is -2.13. The lowest BCUT2D eigenvalue weighted by Crippen LogP contribution is -2.39. The minimum atomic E-state index is -3.69. The zero-order valence-electron chi connectivity index (χ0n) is 18.1. The lowest BCUT2D eigenvalue weighted by atomic mass is 10.1. The third-order valence-corrected chi connectivity index (χ3v) is 6.19. The number of hydrogen-bond acceptors (Lipinski definition) is 6. The Labute approximate surface area is 191 Å². The van der Waals surface area contributed by atoms with E-state index < -0.39 is 22.5 Å². The maximum Gasteiger partial charge on any atom is 0.260 e. The average Bonchev–Trinajstić information content (AvgIpc) is 2.72. The number of carbonyl (C=O) groups is 1. The molecule has 1 aromatic heterocycles. The second kappa shape index (κ2) is 9.54. The number of halogens is 1. The highest BCUT2D eigenvalue weighted by Crippen LogP contribution is 2.26. The Balaban J connectivity index is 1.77. The maximum absolute atomic E-state index is 12.5. The van der Waals surface area contributed by atoms with Gasteiger partial charge >= 0.3 is 0 Å². The Morgan fingerprint density at radius 2 is 1.91 bits per heavy atom. The topological polar surface area (TPSA) is 101 Å². The minimum absolute atomic E-state index is 0.206. The normalized spacial score (nSPS) is 11.7. The quantitative estimate of drug-likeness (QED) is 0.321. The van der Waals surface area contributed by atoms with Crippen LogP contribution in [0.3, 0.4) is 0 Å². The first-order chi connectivity index (χ1) is 15.1. The van der Waals surface area contributed by atoms with Gasteiger partial charge in [-0.1, -0.05) is 29.8 Å². The van der Waals surface area contributed by atoms with E-state index in [4.69, 9.17) is 16.3 Å². The Hall–Kier alpha value is -3.17. The summed E-state index contributed by atoms with van der Waals surface area (Å²) in [5.74, 6) is 0.0676. The van der Waals surface area contributed by atoms with Gasteiger partial charge in [-0.15, -0.1) is 0 Å². The van der Waals surface area contributed by atoms with Gasteiger partial charge in [0.15, 0.2) is 0 Å². The van der Waals surface area contributed by atoms with Crippen molar-refractivity contribution in [3.8, 4) is 5.75 Å². The van der Waals surface area contributed by atoms with Gasteiger partial charge in [-0.3, -0.25) is 9.10 Å². The number of para-hydroxylation sites is 1. The molecule has 8 nitrogen and oxygen atoms in total. The van der Waals surface area contributed by atoms with Crippen molar-refractivity contribution in [2.24, 2.45) is 5.10 Å². The summed E-state index contributed by atoms with van der Waals surface area (Å²) in [5, 5.41) is 4.95. The van der Waals surface area contributed by atoms with Crippen LogP contribution in [0, 0.1) is 13.8 Å². The van der Waals surface area contributed by atoms with E-state index in [1.807, 2.05) is 12.1 Å². The van der Waals surface area contributed by atoms with E-state index in [9.17, 15) is 13.2 Å². The Kier molecular flexibility index (Phi) is 7.00. The number of aryl methyl sites for hydroxylation is 2. The van der Waals surface area contributed by atoms with Crippen LogP contribution in [0.25, 0.3) is 10.9 Å². The van der Waals surface area contributed by atoms with Crippen molar-refractivity contribution >= 4 is 50.3 Å². The number of hydrazone groups is 1. The van der Waals surface area contributed by atoms with Gasteiger partial charge in [-0.2, -0.15) is 5.10 Å². The molecule has 0 aliphatic carbocycles. The molecule has 0 aliphatic heterocycles. The molecular weight excluding hydrogens is 452 g/mol. The van der Waals surface area contributed by atoms with Crippen LogP contribution in [0.15, 0.2) is 47.6 Å². The summed E-state index contributed by atoms with van der Waals surface area (Å²) in [6, 6.07) is 12.6. The van der Waals surface area contributed by atoms with E-state index in [0.717, 1.165) is 27.1 Å². The predicted octanol–water partition coefficient (Wildman–Crippen LogP) is 3.43. The van der Waals surface area contributed by atoms with Gasteiger partial charge in [0.25, 0.3) is 5.91 Å². The van der Waals surface area contributed by atoms with Crippen molar-refractivity contribution < 1.29 is 17.9 Å². The third kappa shape index (κ3) is 5.35. The first-order valence-electron chi connectivity index (χ1n) is 9.60. The molecule has 3 aromatic rings. The third-order valence-electron chi connectivity index (χ3n) is 4.77. The zero-order chi connectivity index (χ0) is 23.5. The lowest BCUT2D eigenvalue weighted by Gasteiger charge is -2.25. The van der Waals surface area contributed by atoms with Gasteiger partial charge in [0.1, 0.15) is 17.4 Å². The highest BCUT2D eigenvalue weighted by Gasteiger charge is 2.23. The molecule has 168 valence electrons. The van der Waals surface area contributed by atoms with Gasteiger partial charge in [-0.25, -0.2) is 18.8 Å². The number of aromatic nitrogens is 1. The molecule has 1 heterocycles. The molecule has 0 aliphatic rings. The largest absolute Gasteiger partial charge is 0.497 e. The highest BCUT2D eigenvalue weighted by atomic mass is 35.5. The van der Waals surface area contributed by atoms with Crippen molar-refractivity contribution in [3.05, 3.63) is 64.3 Å². The lowest BCUT2D eigenvalue weighted by molar-refractivity contribution is -0.119. The predicted molar refractivity (Wildman–Crippen MR) is 127 cm³/mol. The van der Waals surface area contributed by atoms with Crippen molar-refractivity contribution in [1.82, 2.24) is 10.4 Å². The molecule has 1 amide bonds. The van der Waals surface area contributed by atoms with Crippen LogP contribution < -0.4 is 14.5 Å². The number of fused-ring (bicyclic) bond motifs is 1. The van der Waals surface area contributed by atoms with Crippen LogP contribution in [0.1, 0.15) is 16.7 Å². The number of nitrogens with one attached hydrogen (secondary N) is 1. The number of hydrogen-bond donors (Lipinski definition) is 1. The minimum Gasteiger partial charge on any atom is -0.497 e.